The number of aliphatic hydroxyl groups excluding tert-OH is 1. The Balaban J connectivity index is 0.00000264. The number of ether oxygens (including phenoxy) is 1. The maximum Gasteiger partial charge on any atom is -1.00 e. The minimum atomic E-state index is -2.19. The summed E-state index contributed by atoms with van der Waals surface area (Å²) in [5.74, 6) is 0. The average Bonchev–Trinajstić information content (AvgIpc) is 2.88. The first-order chi connectivity index (χ1) is 10.4. The molecule has 1 aromatic rings. The monoisotopic (exact) mass is 449 g/mol. The third-order valence-corrected chi connectivity index (χ3v) is 11.1. The van der Waals surface area contributed by atoms with Crippen LogP contribution in [0.1, 0.15) is 48.9 Å². The quantitative estimate of drug-likeness (QED) is 0.461. The number of benzene rings is 1. The van der Waals surface area contributed by atoms with Gasteiger partial charge in [0.05, 0.1) is 0 Å². The van der Waals surface area contributed by atoms with Crippen molar-refractivity contribution in [1.29, 1.82) is 0 Å². The second kappa shape index (κ2) is 11.0. The normalized spacial score (nSPS) is 16.0. The number of hydrogen-bond acceptors (Lipinski definition) is 3. The number of fused-ring (bicyclic) bond motifs is 1. The Morgan fingerprint density at radius 2 is 1.92 bits per heavy atom. The minimum Gasteiger partial charge on any atom is -1.00 e. The van der Waals surface area contributed by atoms with Crippen LogP contribution in [0, 0.1) is 0 Å². The zero-order valence-electron chi connectivity index (χ0n) is 14.8. The van der Waals surface area contributed by atoms with Gasteiger partial charge in [-0.15, -0.1) is 0 Å². The first kappa shape index (κ1) is 24.2. The molecule has 134 valence electrons. The topological polar surface area (TPSA) is 41.5 Å². The van der Waals surface area contributed by atoms with Gasteiger partial charge >= 0.3 is 142 Å². The van der Waals surface area contributed by atoms with Crippen molar-refractivity contribution in [2.24, 2.45) is 0 Å². The van der Waals surface area contributed by atoms with E-state index in [4.69, 9.17) is 9.84 Å². The number of rotatable bonds is 6. The van der Waals surface area contributed by atoms with Crippen molar-refractivity contribution >= 4 is 9.47 Å². The van der Waals surface area contributed by atoms with E-state index < -0.39 is 21.6 Å². The Bertz CT molecular complexity index is 583. The van der Waals surface area contributed by atoms with Gasteiger partial charge in [0.2, 0.25) is 0 Å². The van der Waals surface area contributed by atoms with Gasteiger partial charge in [-0.25, -0.2) is 0 Å². The molecule has 0 saturated heterocycles. The number of aliphatic hydroxyl groups is 1. The van der Waals surface area contributed by atoms with Gasteiger partial charge in [-0.2, -0.15) is 0 Å². The smallest absolute Gasteiger partial charge is 1.00 e. The molecule has 24 heavy (non-hydrogen) atoms. The molecule has 1 aliphatic rings. The van der Waals surface area contributed by atoms with Gasteiger partial charge < -0.3 is 24.8 Å². The first-order valence-corrected chi connectivity index (χ1v) is 11.8. The summed E-state index contributed by atoms with van der Waals surface area (Å²) in [5.41, 5.74) is 2.85. The third-order valence-electron chi connectivity index (χ3n) is 3.62. The van der Waals surface area contributed by atoms with E-state index >= 15 is 0 Å². The molecule has 0 aliphatic heterocycles. The third kappa shape index (κ3) is 6.82. The van der Waals surface area contributed by atoms with E-state index in [2.05, 4.69) is 67.4 Å². The number of allylic oxidation sites excluding steroid dienone is 1. The molecule has 3 nitrogen and oxygen atoms in total. The number of halogens is 2. The second-order valence-electron chi connectivity index (χ2n) is 6.74. The van der Waals surface area contributed by atoms with Crippen molar-refractivity contribution in [2.45, 2.75) is 43.3 Å². The van der Waals surface area contributed by atoms with E-state index in [1.165, 1.54) is 14.5 Å². The summed E-state index contributed by atoms with van der Waals surface area (Å²) in [6.45, 7) is 9.58. The standard InChI is InChI=1S/C9H7.C5H10O2.C4H10N.2ClH.Zr/c1-2-5-9-7-3-6-8(9)4-1;1-2-7-5-3-4-6;1-4(2,3)5;;;/h1-7H;6H,3-5H2,1H3;5H,1-3H3;2*1H;/q;;-1;;;+3/p-2. The van der Waals surface area contributed by atoms with Gasteiger partial charge in [-0.1, -0.05) is 0 Å². The van der Waals surface area contributed by atoms with Crippen LogP contribution in [0.3, 0.4) is 0 Å². The van der Waals surface area contributed by atoms with Crippen LogP contribution in [0.2, 0.25) is 0 Å². The summed E-state index contributed by atoms with van der Waals surface area (Å²) < 4.78 is 11.5. The van der Waals surface area contributed by atoms with Gasteiger partial charge in [0.25, 0.3) is 0 Å². The Labute approximate surface area is 166 Å². The molecule has 1 aliphatic carbocycles. The fourth-order valence-corrected chi connectivity index (χ4v) is 9.29. The predicted octanol–water partition coefficient (Wildman–Crippen LogP) is -2.77. The Morgan fingerprint density at radius 3 is 2.54 bits per heavy atom. The Hall–Kier alpha value is 0.173. The van der Waals surface area contributed by atoms with E-state index in [1.807, 2.05) is 0 Å². The molecule has 0 radical (unpaired) electrons. The SMILES string of the molecule is C/[C](OCCCO)=[Zr+2](\[NH]C(C)(C)C)[CH]1C=Cc2ccccc21.[Cl-].[Cl-]. The summed E-state index contributed by atoms with van der Waals surface area (Å²) >= 11 is -2.19. The largest absolute Gasteiger partial charge is 1.00 e. The fraction of sp³-hybridized carbons (Fsp3) is 0.500. The van der Waals surface area contributed by atoms with Crippen molar-refractivity contribution < 1.29 is 56.2 Å². The van der Waals surface area contributed by atoms with Gasteiger partial charge in [-0.3, -0.25) is 0 Å². The molecular formula is C18H27Cl2NO2Zr. The molecule has 0 saturated carbocycles. The minimum absolute atomic E-state index is 0. The van der Waals surface area contributed by atoms with E-state index in [0.717, 1.165) is 0 Å². The van der Waals surface area contributed by atoms with Crippen LogP contribution in [-0.4, -0.2) is 27.3 Å². The molecule has 2 N–H and O–H groups in total. The fourth-order valence-electron chi connectivity index (χ4n) is 2.66. The van der Waals surface area contributed by atoms with Gasteiger partial charge in [-0.05, 0) is 0 Å². The van der Waals surface area contributed by atoms with Crippen LogP contribution in [0.5, 0.6) is 0 Å². The van der Waals surface area contributed by atoms with E-state index in [1.54, 1.807) is 0 Å². The molecule has 0 heterocycles. The second-order valence-corrected chi connectivity index (χ2v) is 12.6. The van der Waals surface area contributed by atoms with Crippen LogP contribution in [-0.2, 0) is 26.3 Å². The van der Waals surface area contributed by atoms with Crippen LogP contribution in [0.4, 0.5) is 0 Å². The molecule has 1 aromatic carbocycles. The molecule has 0 spiro atoms. The van der Waals surface area contributed by atoms with Crippen LogP contribution in [0.25, 0.3) is 6.08 Å². The number of hydrogen-bond donors (Lipinski definition) is 2. The molecule has 0 bridgehead atoms. The van der Waals surface area contributed by atoms with Crippen molar-refractivity contribution in [3.8, 4) is 0 Å². The van der Waals surface area contributed by atoms with Crippen LogP contribution >= 0.6 is 0 Å². The summed E-state index contributed by atoms with van der Waals surface area (Å²) in [4.78, 5) is 0. The Kier molecular flexibility index (Phi) is 11.1. The van der Waals surface area contributed by atoms with Crippen molar-refractivity contribution in [2.75, 3.05) is 13.2 Å². The average molecular weight is 452 g/mol. The van der Waals surface area contributed by atoms with Gasteiger partial charge in [0.1, 0.15) is 0 Å². The maximum atomic E-state index is 8.95. The Morgan fingerprint density at radius 1 is 1.25 bits per heavy atom. The molecule has 0 aromatic heterocycles. The van der Waals surface area contributed by atoms with E-state index in [0.29, 0.717) is 16.7 Å². The molecular weight excluding hydrogens is 424 g/mol. The number of nitrogens with one attached hydrogen (secondary N) is 1. The molecule has 1 atom stereocenters. The van der Waals surface area contributed by atoms with Crippen molar-refractivity contribution in [3.05, 3.63) is 41.5 Å². The van der Waals surface area contributed by atoms with Crippen molar-refractivity contribution in [3.63, 3.8) is 0 Å². The zero-order chi connectivity index (χ0) is 16.2. The molecule has 2 rings (SSSR count). The van der Waals surface area contributed by atoms with Crippen molar-refractivity contribution in [1.82, 2.24) is 3.26 Å². The molecule has 1 unspecified atom stereocenters. The molecule has 0 amide bonds. The summed E-state index contributed by atoms with van der Waals surface area (Å²) in [7, 11) is 0. The van der Waals surface area contributed by atoms with E-state index in [9.17, 15) is 0 Å². The summed E-state index contributed by atoms with van der Waals surface area (Å²) in [6.07, 6.45) is 5.28. The van der Waals surface area contributed by atoms with Crippen LogP contribution in [0.15, 0.2) is 30.3 Å². The molecule has 6 heteroatoms. The summed E-state index contributed by atoms with van der Waals surface area (Å²) in [5, 5.41) is 8.95. The van der Waals surface area contributed by atoms with Gasteiger partial charge in [0.15, 0.2) is 0 Å². The van der Waals surface area contributed by atoms with Gasteiger partial charge in [0, 0.05) is 0 Å². The first-order valence-electron chi connectivity index (χ1n) is 7.92. The maximum absolute atomic E-state index is 8.95. The zero-order valence-corrected chi connectivity index (χ0v) is 18.7. The van der Waals surface area contributed by atoms with Crippen LogP contribution < -0.4 is 28.1 Å². The van der Waals surface area contributed by atoms with E-state index in [-0.39, 0.29) is 37.0 Å². The molecule has 0 fully saturated rings. The predicted molar refractivity (Wildman–Crippen MR) is 89.4 cm³/mol. The summed E-state index contributed by atoms with van der Waals surface area (Å²) in [6, 6.07) is 8.65.